The van der Waals surface area contributed by atoms with Crippen molar-refractivity contribution in [3.05, 3.63) is 88.8 Å². The molecule has 0 N–H and O–H groups in total. The van der Waals surface area contributed by atoms with Crippen LogP contribution in [0.3, 0.4) is 0 Å². The first-order valence-electron chi connectivity index (χ1n) is 9.81. The molecule has 9 heteroatoms. The van der Waals surface area contributed by atoms with Crippen LogP contribution >= 0.6 is 24.0 Å². The Morgan fingerprint density at radius 2 is 1.70 bits per heavy atom. The molecular formula is C24H19NO5S3. The molecule has 3 aromatic rings. The van der Waals surface area contributed by atoms with Crippen molar-refractivity contribution in [2.45, 2.75) is 11.8 Å². The van der Waals surface area contributed by atoms with Crippen LogP contribution in [0, 0.1) is 6.92 Å². The maximum Gasteiger partial charge on any atom is 0.339 e. The van der Waals surface area contributed by atoms with E-state index in [1.54, 1.807) is 42.5 Å². The van der Waals surface area contributed by atoms with Crippen LogP contribution in [0.15, 0.2) is 82.6 Å². The van der Waals surface area contributed by atoms with Crippen molar-refractivity contribution in [2.75, 3.05) is 12.0 Å². The van der Waals surface area contributed by atoms with Gasteiger partial charge in [0.1, 0.15) is 10.6 Å². The van der Waals surface area contributed by atoms with E-state index in [1.165, 1.54) is 30.2 Å². The number of thioether (sulfide) groups is 1. The lowest BCUT2D eigenvalue weighted by molar-refractivity contribution is -0.113. The minimum Gasteiger partial charge on any atom is -0.497 e. The van der Waals surface area contributed by atoms with Crippen molar-refractivity contribution >= 4 is 56.1 Å². The number of carbonyl (C=O) groups is 1. The molecule has 1 fully saturated rings. The number of carbonyl (C=O) groups excluding carboxylic acids is 1. The maximum atomic E-state index is 13.1. The average molecular weight is 498 g/mol. The molecular weight excluding hydrogens is 478 g/mol. The van der Waals surface area contributed by atoms with E-state index in [0.29, 0.717) is 26.2 Å². The van der Waals surface area contributed by atoms with Crippen molar-refractivity contribution in [1.82, 2.24) is 0 Å². The lowest BCUT2D eigenvalue weighted by Crippen LogP contribution is -2.27. The van der Waals surface area contributed by atoms with Gasteiger partial charge >= 0.3 is 10.1 Å². The number of amides is 1. The summed E-state index contributed by atoms with van der Waals surface area (Å²) in [6, 6.07) is 20.1. The summed E-state index contributed by atoms with van der Waals surface area (Å²) in [6.45, 7) is 1.87. The van der Waals surface area contributed by atoms with Gasteiger partial charge in [0.2, 0.25) is 0 Å². The van der Waals surface area contributed by atoms with E-state index in [2.05, 4.69) is 0 Å². The molecule has 0 unspecified atom stereocenters. The van der Waals surface area contributed by atoms with Crippen LogP contribution in [0.5, 0.6) is 11.5 Å². The second-order valence-corrected chi connectivity index (χ2v) is 10.3. The summed E-state index contributed by atoms with van der Waals surface area (Å²) in [6.07, 6.45) is 1.56. The SMILES string of the molecule is COc1ccc(OS(=O)(=O)c2ccc(C)cc2)c(/C=C2\SC(=S)N(c3ccccc3)C2=O)c1. The van der Waals surface area contributed by atoms with Gasteiger partial charge in [0.05, 0.1) is 17.7 Å². The zero-order valence-corrected chi connectivity index (χ0v) is 20.2. The Hall–Kier alpha value is -3.14. The summed E-state index contributed by atoms with van der Waals surface area (Å²) in [5, 5.41) is 0. The van der Waals surface area contributed by atoms with Gasteiger partial charge in [-0.25, -0.2) is 0 Å². The van der Waals surface area contributed by atoms with Crippen LogP contribution in [0.1, 0.15) is 11.1 Å². The molecule has 4 rings (SSSR count). The molecule has 1 amide bonds. The predicted molar refractivity (Wildman–Crippen MR) is 134 cm³/mol. The van der Waals surface area contributed by atoms with Crippen LogP contribution < -0.4 is 13.8 Å². The van der Waals surface area contributed by atoms with Crippen LogP contribution in [-0.4, -0.2) is 25.8 Å². The number of nitrogens with zero attached hydrogens (tertiary/aromatic N) is 1. The normalized spacial score (nSPS) is 15.2. The Balaban J connectivity index is 1.71. The number of benzene rings is 3. The number of para-hydroxylation sites is 1. The van der Waals surface area contributed by atoms with E-state index in [1.807, 2.05) is 25.1 Å². The fourth-order valence-corrected chi connectivity index (χ4v) is 5.37. The highest BCUT2D eigenvalue weighted by atomic mass is 32.2. The van der Waals surface area contributed by atoms with Crippen molar-refractivity contribution in [2.24, 2.45) is 0 Å². The predicted octanol–water partition coefficient (Wildman–Crippen LogP) is 5.18. The molecule has 6 nitrogen and oxygen atoms in total. The molecule has 1 heterocycles. The van der Waals surface area contributed by atoms with Gasteiger partial charge in [-0.2, -0.15) is 8.42 Å². The van der Waals surface area contributed by atoms with Crippen molar-refractivity contribution in [1.29, 1.82) is 0 Å². The molecule has 0 spiro atoms. The first-order chi connectivity index (χ1) is 15.8. The van der Waals surface area contributed by atoms with E-state index < -0.39 is 10.1 Å². The average Bonchev–Trinajstić information content (AvgIpc) is 3.08. The number of thiocarbonyl (C=S) groups is 1. The number of methoxy groups -OCH3 is 1. The fraction of sp³-hybridized carbons (Fsp3) is 0.0833. The van der Waals surface area contributed by atoms with Gasteiger partial charge in [0, 0.05) is 5.56 Å². The first kappa shape index (κ1) is 23.0. The van der Waals surface area contributed by atoms with Crippen LogP contribution in [0.25, 0.3) is 6.08 Å². The summed E-state index contributed by atoms with van der Waals surface area (Å²) in [7, 11) is -2.58. The largest absolute Gasteiger partial charge is 0.497 e. The molecule has 0 bridgehead atoms. The van der Waals surface area contributed by atoms with Crippen LogP contribution in [-0.2, 0) is 14.9 Å². The van der Waals surface area contributed by atoms with Gasteiger partial charge < -0.3 is 8.92 Å². The minimum atomic E-state index is -4.08. The topological polar surface area (TPSA) is 72.9 Å². The fourth-order valence-electron chi connectivity index (χ4n) is 3.12. The molecule has 1 aliphatic rings. The summed E-state index contributed by atoms with van der Waals surface area (Å²) in [5.41, 5.74) is 1.96. The minimum absolute atomic E-state index is 0.0327. The first-order valence-corrected chi connectivity index (χ1v) is 12.4. The number of anilines is 1. The highest BCUT2D eigenvalue weighted by Crippen LogP contribution is 2.38. The van der Waals surface area contributed by atoms with Crippen molar-refractivity contribution in [3.8, 4) is 11.5 Å². The molecule has 0 atom stereocenters. The molecule has 0 radical (unpaired) electrons. The van der Waals surface area contributed by atoms with Crippen LogP contribution in [0.2, 0.25) is 0 Å². The summed E-state index contributed by atoms with van der Waals surface area (Å²) >= 11 is 6.54. The van der Waals surface area contributed by atoms with Gasteiger partial charge in [0.25, 0.3) is 5.91 Å². The van der Waals surface area contributed by atoms with E-state index in [9.17, 15) is 13.2 Å². The van der Waals surface area contributed by atoms with Crippen LogP contribution in [0.4, 0.5) is 5.69 Å². The lowest BCUT2D eigenvalue weighted by Gasteiger charge is -2.14. The number of rotatable bonds is 6. The number of ether oxygens (including phenoxy) is 1. The Labute approximate surface area is 202 Å². The molecule has 3 aromatic carbocycles. The zero-order valence-electron chi connectivity index (χ0n) is 17.7. The molecule has 33 heavy (non-hydrogen) atoms. The van der Waals surface area contributed by atoms with Gasteiger partial charge in [-0.1, -0.05) is 59.9 Å². The molecule has 168 valence electrons. The second kappa shape index (κ2) is 9.38. The third kappa shape index (κ3) is 4.95. The monoisotopic (exact) mass is 497 g/mol. The highest BCUT2D eigenvalue weighted by Gasteiger charge is 2.33. The molecule has 1 aliphatic heterocycles. The molecule has 1 saturated heterocycles. The van der Waals surface area contributed by atoms with E-state index in [-0.39, 0.29) is 16.6 Å². The second-order valence-electron chi connectivity index (χ2n) is 7.11. The maximum absolute atomic E-state index is 13.1. The number of hydrogen-bond donors (Lipinski definition) is 0. The standard InChI is InChI=1S/C24H19NO5S3/c1-16-8-11-20(12-9-16)33(27,28)30-21-13-10-19(29-2)14-17(21)15-22-23(26)25(24(31)32-22)18-6-4-3-5-7-18/h3-15H,1-2H3/b22-15-. The Kier molecular flexibility index (Phi) is 6.55. The Morgan fingerprint density at radius 1 is 1.00 bits per heavy atom. The van der Waals surface area contributed by atoms with Gasteiger partial charge in [-0.15, -0.1) is 0 Å². The van der Waals surface area contributed by atoms with E-state index >= 15 is 0 Å². The third-order valence-electron chi connectivity index (χ3n) is 4.82. The number of hydrogen-bond acceptors (Lipinski definition) is 7. The number of aryl methyl sites for hydroxylation is 1. The molecule has 0 aliphatic carbocycles. The summed E-state index contributed by atoms with van der Waals surface area (Å²) in [4.78, 5) is 14.9. The summed E-state index contributed by atoms with van der Waals surface area (Å²) < 4.78 is 36.8. The summed E-state index contributed by atoms with van der Waals surface area (Å²) in [5.74, 6) is 0.257. The van der Waals surface area contributed by atoms with E-state index in [0.717, 1.165) is 17.3 Å². The van der Waals surface area contributed by atoms with Crippen molar-refractivity contribution < 1.29 is 22.1 Å². The van der Waals surface area contributed by atoms with E-state index in [4.69, 9.17) is 21.1 Å². The quantitative estimate of drug-likeness (QED) is 0.264. The van der Waals surface area contributed by atoms with Gasteiger partial charge in [-0.3, -0.25) is 9.69 Å². The molecule has 0 saturated carbocycles. The molecule has 0 aromatic heterocycles. The Morgan fingerprint density at radius 3 is 2.36 bits per heavy atom. The highest BCUT2D eigenvalue weighted by molar-refractivity contribution is 8.27. The Bertz CT molecular complexity index is 1350. The third-order valence-corrected chi connectivity index (χ3v) is 7.37. The smallest absolute Gasteiger partial charge is 0.339 e. The van der Waals surface area contributed by atoms with Gasteiger partial charge in [0.15, 0.2) is 10.1 Å². The zero-order chi connectivity index (χ0) is 23.6. The lowest BCUT2D eigenvalue weighted by atomic mass is 10.1. The van der Waals surface area contributed by atoms with Crippen molar-refractivity contribution in [3.63, 3.8) is 0 Å². The van der Waals surface area contributed by atoms with Gasteiger partial charge in [-0.05, 0) is 55.5 Å².